The molecule has 0 N–H and O–H groups in total. The van der Waals surface area contributed by atoms with Gasteiger partial charge in [-0.1, -0.05) is 64.7 Å². The summed E-state index contributed by atoms with van der Waals surface area (Å²) >= 11 is 0. The maximum absolute atomic E-state index is 5.88. The zero-order valence-electron chi connectivity index (χ0n) is 20.6. The summed E-state index contributed by atoms with van der Waals surface area (Å²) in [6, 6.07) is 16.1. The Morgan fingerprint density at radius 2 is 1.06 bits per heavy atom. The molecule has 0 saturated carbocycles. The van der Waals surface area contributed by atoms with Crippen molar-refractivity contribution in [3.05, 3.63) is 48.5 Å². The molecule has 4 heteroatoms. The van der Waals surface area contributed by atoms with Crippen LogP contribution in [0.2, 0.25) is 0 Å². The van der Waals surface area contributed by atoms with Crippen LogP contribution in [0.15, 0.2) is 58.8 Å². The van der Waals surface area contributed by atoms with Crippen molar-refractivity contribution in [1.82, 2.24) is 0 Å². The van der Waals surface area contributed by atoms with Gasteiger partial charge in [-0.25, -0.2) is 0 Å². The van der Waals surface area contributed by atoms with Crippen LogP contribution in [0.3, 0.4) is 0 Å². The Morgan fingerprint density at radius 1 is 0.594 bits per heavy atom. The average molecular weight is 438 g/mol. The Balaban J connectivity index is 1.62. The maximum atomic E-state index is 5.88. The molecule has 32 heavy (non-hydrogen) atoms. The first-order valence-corrected chi connectivity index (χ1v) is 12.8. The van der Waals surface area contributed by atoms with E-state index in [2.05, 4.69) is 48.0 Å². The average Bonchev–Trinajstić information content (AvgIpc) is 2.83. The highest BCUT2D eigenvalue weighted by Gasteiger charge is 2.01. The lowest BCUT2D eigenvalue weighted by Gasteiger charge is -2.20. The Kier molecular flexibility index (Phi) is 13.2. The van der Waals surface area contributed by atoms with Crippen LogP contribution < -0.4 is 9.64 Å². The quantitative estimate of drug-likeness (QED) is 0.183. The Morgan fingerprint density at radius 3 is 1.56 bits per heavy atom. The summed E-state index contributed by atoms with van der Waals surface area (Å²) in [7, 11) is 0. The summed E-state index contributed by atoms with van der Waals surface area (Å²) in [5.41, 5.74) is 2.92. The molecule has 0 aliphatic rings. The number of benzene rings is 2. The molecule has 0 amide bonds. The van der Waals surface area contributed by atoms with E-state index < -0.39 is 0 Å². The minimum atomic E-state index is 0.788. The van der Waals surface area contributed by atoms with E-state index in [0.29, 0.717) is 0 Å². The van der Waals surface area contributed by atoms with Gasteiger partial charge in [0.1, 0.15) is 5.75 Å². The van der Waals surface area contributed by atoms with Crippen LogP contribution in [0.1, 0.15) is 85.0 Å². The summed E-state index contributed by atoms with van der Waals surface area (Å²) in [4.78, 5) is 2.31. The van der Waals surface area contributed by atoms with E-state index in [9.17, 15) is 0 Å². The molecule has 0 heterocycles. The second-order valence-corrected chi connectivity index (χ2v) is 8.41. The van der Waals surface area contributed by atoms with Gasteiger partial charge in [0.15, 0.2) is 0 Å². The lowest BCUT2D eigenvalue weighted by Crippen LogP contribution is -2.21. The fourth-order valence-corrected chi connectivity index (χ4v) is 3.82. The van der Waals surface area contributed by atoms with Gasteiger partial charge in [0.2, 0.25) is 0 Å². The van der Waals surface area contributed by atoms with E-state index in [-0.39, 0.29) is 0 Å². The van der Waals surface area contributed by atoms with E-state index in [0.717, 1.165) is 43.2 Å². The zero-order chi connectivity index (χ0) is 22.9. The monoisotopic (exact) mass is 437 g/mol. The van der Waals surface area contributed by atoms with Crippen LogP contribution >= 0.6 is 0 Å². The molecule has 0 aliphatic heterocycles. The van der Waals surface area contributed by atoms with Gasteiger partial charge in [-0.2, -0.15) is 10.2 Å². The molecule has 0 unspecified atom stereocenters. The van der Waals surface area contributed by atoms with Gasteiger partial charge >= 0.3 is 0 Å². The summed E-state index contributed by atoms with van der Waals surface area (Å²) in [6.45, 7) is 9.41. The van der Waals surface area contributed by atoms with Crippen LogP contribution in [0, 0.1) is 0 Å². The highest BCUT2D eigenvalue weighted by Crippen LogP contribution is 2.24. The molecule has 0 bridgehead atoms. The van der Waals surface area contributed by atoms with Crippen LogP contribution in [-0.4, -0.2) is 19.7 Å². The van der Waals surface area contributed by atoms with Gasteiger partial charge in [-0.05, 0) is 68.8 Å². The smallest absolute Gasteiger partial charge is 0.119 e. The highest BCUT2D eigenvalue weighted by molar-refractivity contribution is 5.52. The van der Waals surface area contributed by atoms with Crippen LogP contribution in [0.25, 0.3) is 0 Å². The lowest BCUT2D eigenvalue weighted by molar-refractivity contribution is 0.304. The standard InChI is InChI=1S/C28H43N3O/c1-4-7-8-9-10-11-12-13-14-15-24-32-28-22-18-26(19-23-28)30-29-25-16-20-27(21-17-25)31(5-2)6-3/h16-23H,4-15,24H2,1-3H3. The number of rotatable bonds is 17. The van der Waals surface area contributed by atoms with Crippen molar-refractivity contribution in [2.24, 2.45) is 10.2 Å². The number of anilines is 1. The third-order valence-electron chi connectivity index (χ3n) is 5.86. The molecular formula is C28H43N3O. The lowest BCUT2D eigenvalue weighted by atomic mass is 10.1. The molecule has 2 rings (SSSR count). The first-order chi connectivity index (χ1) is 15.8. The van der Waals surface area contributed by atoms with Crippen molar-refractivity contribution in [3.63, 3.8) is 0 Å². The van der Waals surface area contributed by atoms with E-state index in [1.165, 1.54) is 63.5 Å². The minimum absolute atomic E-state index is 0.788. The molecule has 2 aromatic rings. The van der Waals surface area contributed by atoms with Gasteiger partial charge < -0.3 is 9.64 Å². The third-order valence-corrected chi connectivity index (χ3v) is 5.86. The van der Waals surface area contributed by atoms with E-state index in [1.54, 1.807) is 0 Å². The van der Waals surface area contributed by atoms with Crippen molar-refractivity contribution >= 4 is 17.1 Å². The van der Waals surface area contributed by atoms with Crippen molar-refractivity contribution in [3.8, 4) is 5.75 Å². The van der Waals surface area contributed by atoms with Gasteiger partial charge in [0.25, 0.3) is 0 Å². The molecule has 4 nitrogen and oxygen atoms in total. The fraction of sp³-hybridized carbons (Fsp3) is 0.571. The summed E-state index contributed by atoms with van der Waals surface area (Å²) in [5.74, 6) is 0.906. The Bertz CT molecular complexity index is 736. The van der Waals surface area contributed by atoms with Crippen molar-refractivity contribution in [2.75, 3.05) is 24.6 Å². The van der Waals surface area contributed by atoms with Gasteiger partial charge in [0, 0.05) is 18.8 Å². The summed E-state index contributed by atoms with van der Waals surface area (Å²) in [5, 5.41) is 8.71. The first kappa shape index (κ1) is 25.9. The van der Waals surface area contributed by atoms with Crippen molar-refractivity contribution in [1.29, 1.82) is 0 Å². The topological polar surface area (TPSA) is 37.2 Å². The SMILES string of the molecule is CCCCCCCCCCCCOc1ccc(N=Nc2ccc(N(CC)CC)cc2)cc1. The number of nitrogens with zero attached hydrogens (tertiary/aromatic N) is 3. The maximum Gasteiger partial charge on any atom is 0.119 e. The third kappa shape index (κ3) is 10.3. The van der Waals surface area contributed by atoms with E-state index >= 15 is 0 Å². The molecule has 2 aromatic carbocycles. The first-order valence-electron chi connectivity index (χ1n) is 12.8. The molecule has 0 fully saturated rings. The molecular weight excluding hydrogens is 394 g/mol. The molecule has 0 atom stereocenters. The summed E-state index contributed by atoms with van der Waals surface area (Å²) in [6.07, 6.45) is 13.4. The fourth-order valence-electron chi connectivity index (χ4n) is 3.82. The van der Waals surface area contributed by atoms with Crippen LogP contribution in [-0.2, 0) is 0 Å². The molecule has 176 valence electrons. The highest BCUT2D eigenvalue weighted by atomic mass is 16.5. The number of azo groups is 1. The van der Waals surface area contributed by atoms with Gasteiger partial charge in [0.05, 0.1) is 18.0 Å². The molecule has 0 aliphatic carbocycles. The predicted molar refractivity (Wildman–Crippen MR) is 138 cm³/mol. The molecule has 0 aromatic heterocycles. The number of hydrogen-bond donors (Lipinski definition) is 0. The zero-order valence-corrected chi connectivity index (χ0v) is 20.6. The van der Waals surface area contributed by atoms with Gasteiger partial charge in [-0.15, -0.1) is 0 Å². The molecule has 0 radical (unpaired) electrons. The normalized spacial score (nSPS) is 11.2. The Hall–Kier alpha value is -2.36. The van der Waals surface area contributed by atoms with E-state index in [1.807, 2.05) is 36.4 Å². The van der Waals surface area contributed by atoms with Crippen molar-refractivity contribution < 1.29 is 4.74 Å². The Labute approximate surface area is 196 Å². The van der Waals surface area contributed by atoms with Gasteiger partial charge in [-0.3, -0.25) is 0 Å². The second-order valence-electron chi connectivity index (χ2n) is 8.41. The number of unbranched alkanes of at least 4 members (excludes halogenated alkanes) is 9. The minimum Gasteiger partial charge on any atom is -0.494 e. The second kappa shape index (κ2) is 16.3. The number of ether oxygens (including phenoxy) is 1. The van der Waals surface area contributed by atoms with Crippen LogP contribution in [0.4, 0.5) is 17.1 Å². The summed E-state index contributed by atoms with van der Waals surface area (Å²) < 4.78 is 5.88. The van der Waals surface area contributed by atoms with E-state index in [4.69, 9.17) is 4.74 Å². The van der Waals surface area contributed by atoms with Crippen LogP contribution in [0.5, 0.6) is 5.75 Å². The number of hydrogen-bond acceptors (Lipinski definition) is 4. The molecule has 0 spiro atoms. The van der Waals surface area contributed by atoms with Crippen molar-refractivity contribution in [2.45, 2.75) is 85.0 Å². The predicted octanol–water partition coefficient (Wildman–Crippen LogP) is 9.25. The largest absolute Gasteiger partial charge is 0.494 e. The molecule has 0 saturated heterocycles.